The van der Waals surface area contributed by atoms with Gasteiger partial charge in [-0.3, -0.25) is 9.78 Å². The topological polar surface area (TPSA) is 85.9 Å². The predicted molar refractivity (Wildman–Crippen MR) is 39.2 cm³/mol. The Hall–Kier alpha value is -1.43. The highest BCUT2D eigenvalue weighted by molar-refractivity contribution is 7.71. The fraction of sp³-hybridized carbons (Fsp3) is 0. The summed E-state index contributed by atoms with van der Waals surface area (Å²) >= 11 is 4.54. The van der Waals surface area contributed by atoms with Crippen molar-refractivity contribution in [2.75, 3.05) is 0 Å². The van der Waals surface area contributed by atoms with E-state index in [2.05, 4.69) is 22.2 Å². The predicted octanol–water partition coefficient (Wildman–Crippen LogP) is 0.131. The van der Waals surface area contributed by atoms with E-state index in [9.17, 15) is 9.59 Å². The number of hydrogen-bond donors (Lipinski definition) is 3. The van der Waals surface area contributed by atoms with Gasteiger partial charge >= 0.3 is 5.97 Å². The molecule has 0 radical (unpaired) electrons. The molecule has 5 nitrogen and oxygen atoms in total. The minimum atomic E-state index is -1.28. The van der Waals surface area contributed by atoms with Gasteiger partial charge in [0.05, 0.1) is 0 Å². The number of aromatic nitrogens is 2. The molecular formula is C5H4N2O3S. The molecule has 58 valence electrons. The van der Waals surface area contributed by atoms with E-state index in [-0.39, 0.29) is 10.3 Å². The summed E-state index contributed by atoms with van der Waals surface area (Å²) in [5.74, 6) is -1.28. The van der Waals surface area contributed by atoms with E-state index in [1.807, 2.05) is 0 Å². The van der Waals surface area contributed by atoms with E-state index in [0.717, 1.165) is 6.20 Å². The maximum atomic E-state index is 10.8. The normalized spacial score (nSPS) is 9.45. The maximum absolute atomic E-state index is 10.8. The Morgan fingerprint density at radius 3 is 2.73 bits per heavy atom. The molecule has 0 unspecified atom stereocenters. The number of hydrogen-bond acceptors (Lipinski definition) is 3. The highest BCUT2D eigenvalue weighted by Crippen LogP contribution is 1.84. The monoisotopic (exact) mass is 172 g/mol. The van der Waals surface area contributed by atoms with Crippen LogP contribution in [0.4, 0.5) is 0 Å². The molecule has 0 fully saturated rings. The number of aromatic carboxylic acids is 1. The molecule has 0 saturated carbocycles. The molecule has 0 saturated heterocycles. The van der Waals surface area contributed by atoms with Crippen molar-refractivity contribution in [3.63, 3.8) is 0 Å². The van der Waals surface area contributed by atoms with Gasteiger partial charge in [-0.2, -0.15) is 0 Å². The van der Waals surface area contributed by atoms with Gasteiger partial charge < -0.3 is 10.1 Å². The summed E-state index contributed by atoms with van der Waals surface area (Å²) in [6, 6.07) is 0. The van der Waals surface area contributed by atoms with Gasteiger partial charge in [0.15, 0.2) is 4.77 Å². The molecule has 0 amide bonds. The SMILES string of the molecule is O=C(O)c1c[nH]c(=S)[nH]c1=O. The van der Waals surface area contributed by atoms with Crippen LogP contribution < -0.4 is 5.56 Å². The zero-order valence-electron chi connectivity index (χ0n) is 5.25. The van der Waals surface area contributed by atoms with Gasteiger partial charge in [0.25, 0.3) is 5.56 Å². The second-order valence-electron chi connectivity index (χ2n) is 1.79. The van der Waals surface area contributed by atoms with E-state index in [1.165, 1.54) is 0 Å². The summed E-state index contributed by atoms with van der Waals surface area (Å²) in [5.41, 5.74) is -1.04. The molecule has 0 spiro atoms. The summed E-state index contributed by atoms with van der Waals surface area (Å²) in [4.78, 5) is 25.6. The van der Waals surface area contributed by atoms with Gasteiger partial charge in [-0.1, -0.05) is 0 Å². The average Bonchev–Trinajstić information content (AvgIpc) is 1.85. The van der Waals surface area contributed by atoms with E-state index in [4.69, 9.17) is 5.11 Å². The average molecular weight is 172 g/mol. The second-order valence-corrected chi connectivity index (χ2v) is 2.20. The summed E-state index contributed by atoms with van der Waals surface area (Å²) < 4.78 is 0.111. The zero-order chi connectivity index (χ0) is 8.43. The molecule has 1 heterocycles. The van der Waals surface area contributed by atoms with Crippen molar-refractivity contribution < 1.29 is 9.90 Å². The van der Waals surface area contributed by atoms with Crippen LogP contribution in [-0.2, 0) is 0 Å². The first kappa shape index (κ1) is 7.67. The van der Waals surface area contributed by atoms with E-state index in [1.54, 1.807) is 0 Å². The van der Waals surface area contributed by atoms with Gasteiger partial charge in [0.1, 0.15) is 5.56 Å². The Balaban J connectivity index is 3.43. The number of H-pyrrole nitrogens is 2. The molecule has 11 heavy (non-hydrogen) atoms. The number of rotatable bonds is 1. The standard InChI is InChI=1S/C5H4N2O3S/c8-3-2(4(9)10)1-6-5(11)7-3/h1H,(H,9,10)(H2,6,7,8,11). The molecule has 0 bridgehead atoms. The number of nitrogens with one attached hydrogen (secondary N) is 2. The minimum Gasteiger partial charge on any atom is -0.477 e. The largest absolute Gasteiger partial charge is 0.477 e. The number of carboxylic acid groups (broad SMARTS) is 1. The van der Waals surface area contributed by atoms with Crippen molar-refractivity contribution in [2.24, 2.45) is 0 Å². The smallest absolute Gasteiger partial charge is 0.342 e. The van der Waals surface area contributed by atoms with E-state index >= 15 is 0 Å². The van der Waals surface area contributed by atoms with Gasteiger partial charge in [0.2, 0.25) is 0 Å². The molecular weight excluding hydrogens is 168 g/mol. The molecule has 6 heteroatoms. The van der Waals surface area contributed by atoms with Gasteiger partial charge in [-0.15, -0.1) is 0 Å². The third-order valence-electron chi connectivity index (χ3n) is 1.05. The third kappa shape index (κ3) is 1.53. The quantitative estimate of drug-likeness (QED) is 0.525. The zero-order valence-corrected chi connectivity index (χ0v) is 6.07. The number of carboxylic acids is 1. The fourth-order valence-electron chi connectivity index (χ4n) is 0.569. The Labute approximate surface area is 65.7 Å². The maximum Gasteiger partial charge on any atom is 0.342 e. The molecule has 0 aromatic carbocycles. The van der Waals surface area contributed by atoms with Crippen LogP contribution in [0.5, 0.6) is 0 Å². The van der Waals surface area contributed by atoms with Crippen molar-refractivity contribution in [1.82, 2.24) is 9.97 Å². The van der Waals surface area contributed by atoms with Gasteiger partial charge in [-0.25, -0.2) is 4.79 Å². The van der Waals surface area contributed by atoms with Crippen molar-refractivity contribution in [3.05, 3.63) is 26.9 Å². The van der Waals surface area contributed by atoms with Crippen LogP contribution in [0.3, 0.4) is 0 Å². The summed E-state index contributed by atoms with van der Waals surface area (Å²) in [7, 11) is 0. The van der Waals surface area contributed by atoms with Gasteiger partial charge in [-0.05, 0) is 12.2 Å². The molecule has 1 aromatic rings. The van der Waals surface area contributed by atoms with Crippen LogP contribution in [0, 0.1) is 4.77 Å². The molecule has 0 aliphatic heterocycles. The Kier molecular flexibility index (Phi) is 1.86. The van der Waals surface area contributed by atoms with E-state index < -0.39 is 11.5 Å². The summed E-state index contributed by atoms with van der Waals surface area (Å²) in [6.07, 6.45) is 1.06. The van der Waals surface area contributed by atoms with Crippen LogP contribution in [0.15, 0.2) is 11.0 Å². The lowest BCUT2D eigenvalue weighted by Crippen LogP contribution is -2.17. The molecule has 1 rings (SSSR count). The van der Waals surface area contributed by atoms with Crippen LogP contribution >= 0.6 is 12.2 Å². The first-order chi connectivity index (χ1) is 5.11. The van der Waals surface area contributed by atoms with Gasteiger partial charge in [0, 0.05) is 6.20 Å². The minimum absolute atomic E-state index is 0.111. The molecule has 0 aliphatic carbocycles. The lowest BCUT2D eigenvalue weighted by molar-refractivity contribution is 0.0694. The summed E-state index contributed by atoms with van der Waals surface area (Å²) in [5, 5.41) is 8.38. The fourth-order valence-corrected chi connectivity index (χ4v) is 0.720. The lowest BCUT2D eigenvalue weighted by atomic mass is 10.3. The van der Waals surface area contributed by atoms with Crippen molar-refractivity contribution in [3.8, 4) is 0 Å². The highest BCUT2D eigenvalue weighted by atomic mass is 32.1. The molecule has 3 N–H and O–H groups in total. The Morgan fingerprint density at radius 1 is 1.64 bits per heavy atom. The Morgan fingerprint density at radius 2 is 2.27 bits per heavy atom. The van der Waals surface area contributed by atoms with Crippen molar-refractivity contribution in [1.29, 1.82) is 0 Å². The molecule has 0 aliphatic rings. The van der Waals surface area contributed by atoms with Crippen LogP contribution in [0.2, 0.25) is 0 Å². The van der Waals surface area contributed by atoms with Crippen LogP contribution in [0.25, 0.3) is 0 Å². The Bertz CT molecular complexity index is 391. The lowest BCUT2D eigenvalue weighted by Gasteiger charge is -1.89. The first-order valence-corrected chi connectivity index (χ1v) is 3.07. The number of aromatic amines is 2. The van der Waals surface area contributed by atoms with Crippen molar-refractivity contribution in [2.45, 2.75) is 0 Å². The highest BCUT2D eigenvalue weighted by Gasteiger charge is 2.06. The number of carbonyl (C=O) groups is 1. The van der Waals surface area contributed by atoms with E-state index in [0.29, 0.717) is 0 Å². The first-order valence-electron chi connectivity index (χ1n) is 2.66. The molecule has 1 aromatic heterocycles. The summed E-state index contributed by atoms with van der Waals surface area (Å²) in [6.45, 7) is 0. The third-order valence-corrected chi connectivity index (χ3v) is 1.27. The second kappa shape index (κ2) is 2.67. The molecule has 0 atom stereocenters. The van der Waals surface area contributed by atoms with Crippen LogP contribution in [0.1, 0.15) is 10.4 Å². The van der Waals surface area contributed by atoms with Crippen LogP contribution in [-0.4, -0.2) is 21.0 Å². The van der Waals surface area contributed by atoms with Crippen molar-refractivity contribution >= 4 is 18.2 Å².